The summed E-state index contributed by atoms with van der Waals surface area (Å²) >= 11 is 0. The molecule has 0 unspecified atom stereocenters. The summed E-state index contributed by atoms with van der Waals surface area (Å²) in [5.41, 5.74) is 3.68. The minimum atomic E-state index is 0.130. The molecule has 1 aliphatic carbocycles. The first-order chi connectivity index (χ1) is 9.36. The third-order valence-corrected chi connectivity index (χ3v) is 4.50. The van der Waals surface area contributed by atoms with Gasteiger partial charge < -0.3 is 4.57 Å². The van der Waals surface area contributed by atoms with E-state index in [2.05, 4.69) is 33.8 Å². The summed E-state index contributed by atoms with van der Waals surface area (Å²) in [5.74, 6) is 0.554. The number of benzene rings is 1. The second-order valence-electron chi connectivity index (χ2n) is 5.54. The van der Waals surface area contributed by atoms with Gasteiger partial charge in [0.05, 0.1) is 24.3 Å². The number of carbonyl (C=O) groups excluding carboxylic acids is 1. The number of Topliss-reactive ketones (excluding diaryl/α,β-unsaturated/α-hetero) is 1. The van der Waals surface area contributed by atoms with Crippen LogP contribution in [-0.4, -0.2) is 15.3 Å². The predicted molar refractivity (Wildman–Crippen MR) is 72.8 cm³/mol. The summed E-state index contributed by atoms with van der Waals surface area (Å²) in [4.78, 5) is 16.6. The molecule has 1 aliphatic heterocycles. The van der Waals surface area contributed by atoms with Crippen LogP contribution in [0, 0.1) is 5.92 Å². The number of fused-ring (bicyclic) bond motifs is 3. The SMILES string of the molecule is O=C1CCCC[C@H]1[C@@H]1c2ccccc2-c2cncn21. The second kappa shape index (κ2) is 4.05. The fraction of sp³-hybridized carbons (Fsp3) is 0.375. The first-order valence-corrected chi connectivity index (χ1v) is 7.00. The van der Waals surface area contributed by atoms with Gasteiger partial charge in [-0.05, 0) is 18.4 Å². The number of nitrogens with zero attached hydrogens (tertiary/aromatic N) is 2. The zero-order valence-corrected chi connectivity index (χ0v) is 10.7. The Morgan fingerprint density at radius 3 is 3.00 bits per heavy atom. The average molecular weight is 252 g/mol. The summed E-state index contributed by atoms with van der Waals surface area (Å²) in [6.45, 7) is 0. The Balaban J connectivity index is 1.86. The molecule has 1 aromatic heterocycles. The van der Waals surface area contributed by atoms with Gasteiger partial charge in [0.1, 0.15) is 5.78 Å². The lowest BCUT2D eigenvalue weighted by atomic mass is 9.80. The van der Waals surface area contributed by atoms with Crippen molar-refractivity contribution in [2.75, 3.05) is 0 Å². The van der Waals surface area contributed by atoms with Gasteiger partial charge in [0, 0.05) is 17.9 Å². The van der Waals surface area contributed by atoms with Gasteiger partial charge in [0.25, 0.3) is 0 Å². The van der Waals surface area contributed by atoms with Gasteiger partial charge in [-0.25, -0.2) is 4.98 Å². The molecular weight excluding hydrogens is 236 g/mol. The third kappa shape index (κ3) is 1.51. The van der Waals surface area contributed by atoms with E-state index in [1.54, 1.807) is 0 Å². The van der Waals surface area contributed by atoms with Crippen LogP contribution in [0.2, 0.25) is 0 Å². The molecule has 19 heavy (non-hydrogen) atoms. The molecule has 2 aromatic rings. The lowest BCUT2D eigenvalue weighted by molar-refractivity contribution is -0.125. The number of rotatable bonds is 1. The fourth-order valence-electron chi connectivity index (χ4n) is 3.63. The molecule has 2 aliphatic rings. The molecule has 1 aromatic carbocycles. The van der Waals surface area contributed by atoms with E-state index < -0.39 is 0 Å². The van der Waals surface area contributed by atoms with Gasteiger partial charge in [0.2, 0.25) is 0 Å². The van der Waals surface area contributed by atoms with Gasteiger partial charge in [-0.15, -0.1) is 0 Å². The molecule has 0 N–H and O–H groups in total. The van der Waals surface area contributed by atoms with E-state index in [9.17, 15) is 4.79 Å². The van der Waals surface area contributed by atoms with Gasteiger partial charge in [-0.1, -0.05) is 30.7 Å². The van der Waals surface area contributed by atoms with E-state index in [0.29, 0.717) is 5.78 Å². The van der Waals surface area contributed by atoms with Crippen molar-refractivity contribution in [2.24, 2.45) is 5.92 Å². The molecule has 0 bridgehead atoms. The van der Waals surface area contributed by atoms with Crippen molar-refractivity contribution >= 4 is 5.78 Å². The molecule has 0 amide bonds. The minimum absolute atomic E-state index is 0.130. The van der Waals surface area contributed by atoms with Gasteiger partial charge in [0.15, 0.2) is 0 Å². The van der Waals surface area contributed by atoms with E-state index in [1.165, 1.54) is 17.5 Å². The van der Waals surface area contributed by atoms with Crippen molar-refractivity contribution in [3.05, 3.63) is 42.4 Å². The molecule has 3 nitrogen and oxygen atoms in total. The minimum Gasteiger partial charge on any atom is -0.322 e. The summed E-state index contributed by atoms with van der Waals surface area (Å²) < 4.78 is 2.19. The molecule has 1 fully saturated rings. The number of hydrogen-bond donors (Lipinski definition) is 0. The van der Waals surface area contributed by atoms with Crippen LogP contribution in [0.3, 0.4) is 0 Å². The number of imidazole rings is 1. The van der Waals surface area contributed by atoms with Crippen LogP contribution in [0.1, 0.15) is 37.3 Å². The predicted octanol–water partition coefficient (Wildman–Crippen LogP) is 3.21. The summed E-state index contributed by atoms with van der Waals surface area (Å²) in [7, 11) is 0. The van der Waals surface area contributed by atoms with Gasteiger partial charge in [-0.2, -0.15) is 0 Å². The highest BCUT2D eigenvalue weighted by Gasteiger charge is 2.38. The summed E-state index contributed by atoms with van der Waals surface area (Å²) in [6.07, 6.45) is 7.76. The van der Waals surface area contributed by atoms with E-state index in [-0.39, 0.29) is 12.0 Å². The maximum atomic E-state index is 12.3. The zero-order chi connectivity index (χ0) is 12.8. The van der Waals surface area contributed by atoms with Crippen LogP contribution in [0.5, 0.6) is 0 Å². The van der Waals surface area contributed by atoms with Crippen LogP contribution in [0.25, 0.3) is 11.3 Å². The standard InChI is InChI=1S/C16H16N2O/c19-15-8-4-3-7-13(15)16-12-6-2-1-5-11(12)14-9-17-10-18(14)16/h1-2,5-6,9-10,13,16H,3-4,7-8H2/t13-,16+/m1/s1. The Hall–Kier alpha value is -1.90. The Kier molecular flexibility index (Phi) is 2.34. The van der Waals surface area contributed by atoms with Crippen molar-refractivity contribution in [3.63, 3.8) is 0 Å². The second-order valence-corrected chi connectivity index (χ2v) is 5.54. The lowest BCUT2D eigenvalue weighted by Crippen LogP contribution is -2.28. The first kappa shape index (κ1) is 11.0. The molecule has 3 heteroatoms. The molecule has 0 spiro atoms. The van der Waals surface area contributed by atoms with Crippen molar-refractivity contribution in [1.29, 1.82) is 0 Å². The van der Waals surface area contributed by atoms with E-state index in [1.807, 2.05) is 12.5 Å². The quantitative estimate of drug-likeness (QED) is 0.781. The maximum Gasteiger partial charge on any atom is 0.138 e. The monoisotopic (exact) mass is 252 g/mol. The Bertz CT molecular complexity index is 644. The zero-order valence-electron chi connectivity index (χ0n) is 10.7. The highest BCUT2D eigenvalue weighted by atomic mass is 16.1. The molecule has 96 valence electrons. The van der Waals surface area contributed by atoms with E-state index in [0.717, 1.165) is 25.0 Å². The summed E-state index contributed by atoms with van der Waals surface area (Å²) in [6, 6.07) is 8.59. The van der Waals surface area contributed by atoms with Crippen molar-refractivity contribution in [2.45, 2.75) is 31.7 Å². The largest absolute Gasteiger partial charge is 0.322 e. The van der Waals surface area contributed by atoms with Gasteiger partial charge in [-0.3, -0.25) is 4.79 Å². The number of hydrogen-bond acceptors (Lipinski definition) is 2. The van der Waals surface area contributed by atoms with Crippen LogP contribution < -0.4 is 0 Å². The highest BCUT2D eigenvalue weighted by Crippen LogP contribution is 2.45. The molecule has 0 saturated heterocycles. The van der Waals surface area contributed by atoms with E-state index >= 15 is 0 Å². The van der Waals surface area contributed by atoms with Crippen molar-refractivity contribution in [3.8, 4) is 11.3 Å². The van der Waals surface area contributed by atoms with Crippen LogP contribution in [0.15, 0.2) is 36.8 Å². The molecule has 1 saturated carbocycles. The van der Waals surface area contributed by atoms with Gasteiger partial charge >= 0.3 is 0 Å². The molecular formula is C16H16N2O. The Morgan fingerprint density at radius 1 is 1.21 bits per heavy atom. The number of aromatic nitrogens is 2. The van der Waals surface area contributed by atoms with E-state index in [4.69, 9.17) is 0 Å². The fourth-order valence-corrected chi connectivity index (χ4v) is 3.63. The molecule has 2 atom stereocenters. The van der Waals surface area contributed by atoms with Crippen LogP contribution in [-0.2, 0) is 4.79 Å². The molecule has 4 rings (SSSR count). The van der Waals surface area contributed by atoms with Crippen molar-refractivity contribution < 1.29 is 4.79 Å². The van der Waals surface area contributed by atoms with Crippen LogP contribution >= 0.6 is 0 Å². The summed E-state index contributed by atoms with van der Waals surface area (Å²) in [5, 5.41) is 0. The smallest absolute Gasteiger partial charge is 0.138 e. The Morgan fingerprint density at radius 2 is 2.11 bits per heavy atom. The Labute approximate surface area is 112 Å². The average Bonchev–Trinajstić information content (AvgIpc) is 3.00. The first-order valence-electron chi connectivity index (χ1n) is 7.00. The molecule has 2 heterocycles. The normalized spacial score (nSPS) is 25.2. The maximum absolute atomic E-state index is 12.3. The number of ketones is 1. The van der Waals surface area contributed by atoms with Crippen molar-refractivity contribution in [1.82, 2.24) is 9.55 Å². The van der Waals surface area contributed by atoms with Crippen LogP contribution in [0.4, 0.5) is 0 Å². The number of carbonyl (C=O) groups is 1. The molecule has 0 radical (unpaired) electrons. The highest BCUT2D eigenvalue weighted by molar-refractivity contribution is 5.84. The lowest BCUT2D eigenvalue weighted by Gasteiger charge is -2.28. The third-order valence-electron chi connectivity index (χ3n) is 4.50. The topological polar surface area (TPSA) is 34.9 Å².